The molecule has 0 aliphatic heterocycles. The van der Waals surface area contributed by atoms with Gasteiger partial charge in [-0.3, -0.25) is 0 Å². The average molecular weight is 268 g/mol. The fraction of sp³-hybridized carbons (Fsp3) is 0.167. The van der Waals surface area contributed by atoms with E-state index >= 15 is 0 Å². The molecule has 2 aromatic rings. The predicted molar refractivity (Wildman–Crippen MR) is 66.1 cm³/mol. The molecule has 6 heteroatoms. The maximum atomic E-state index is 12.9. The first-order valence-corrected chi connectivity index (χ1v) is 5.63. The van der Waals surface area contributed by atoms with Crippen LogP contribution >= 0.6 is 11.6 Å². The van der Waals surface area contributed by atoms with E-state index in [-0.39, 0.29) is 11.0 Å². The lowest BCUT2D eigenvalue weighted by Gasteiger charge is -2.07. The molecule has 2 rings (SSSR count). The van der Waals surface area contributed by atoms with Crippen LogP contribution < -0.4 is 10.5 Å². The second kappa shape index (κ2) is 5.29. The normalized spacial score (nSPS) is 10.4. The summed E-state index contributed by atoms with van der Waals surface area (Å²) in [4.78, 5) is 8.14. The van der Waals surface area contributed by atoms with Gasteiger partial charge >= 0.3 is 6.01 Å². The zero-order chi connectivity index (χ0) is 13.1. The minimum atomic E-state index is -0.428. The maximum Gasteiger partial charge on any atom is 0.322 e. The third-order valence-corrected chi connectivity index (χ3v) is 2.67. The Morgan fingerprint density at radius 3 is 2.83 bits per heavy atom. The molecular formula is C12H11ClFN3O. The Balaban J connectivity index is 2.26. The van der Waals surface area contributed by atoms with Crippen LogP contribution in [0.1, 0.15) is 11.3 Å². The molecule has 0 fully saturated rings. The Morgan fingerprint density at radius 2 is 2.22 bits per heavy atom. The summed E-state index contributed by atoms with van der Waals surface area (Å²) < 4.78 is 18.2. The minimum Gasteiger partial charge on any atom is -0.423 e. The zero-order valence-corrected chi connectivity index (χ0v) is 10.4. The van der Waals surface area contributed by atoms with E-state index in [2.05, 4.69) is 9.97 Å². The monoisotopic (exact) mass is 267 g/mol. The predicted octanol–water partition coefficient (Wildman–Crippen LogP) is 2.83. The SMILES string of the molecule is Cc1nc(Oc2ccc(F)cc2Cl)ncc1CN. The van der Waals surface area contributed by atoms with Gasteiger partial charge in [0.05, 0.1) is 5.02 Å². The van der Waals surface area contributed by atoms with Crippen LogP contribution in [0.5, 0.6) is 11.8 Å². The first-order chi connectivity index (χ1) is 8.60. The number of hydrogen-bond acceptors (Lipinski definition) is 4. The number of aryl methyl sites for hydroxylation is 1. The molecule has 0 radical (unpaired) electrons. The number of halogens is 2. The fourth-order valence-corrected chi connectivity index (χ4v) is 1.58. The fourth-order valence-electron chi connectivity index (χ4n) is 1.38. The second-order valence-corrected chi connectivity index (χ2v) is 4.05. The highest BCUT2D eigenvalue weighted by Gasteiger charge is 2.08. The van der Waals surface area contributed by atoms with E-state index in [0.29, 0.717) is 12.3 Å². The molecule has 0 amide bonds. The van der Waals surface area contributed by atoms with Crippen molar-refractivity contribution in [3.05, 3.63) is 46.5 Å². The smallest absolute Gasteiger partial charge is 0.322 e. The van der Waals surface area contributed by atoms with Gasteiger partial charge in [0, 0.05) is 24.0 Å². The molecule has 0 spiro atoms. The summed E-state index contributed by atoms with van der Waals surface area (Å²) in [5.41, 5.74) is 7.09. The van der Waals surface area contributed by atoms with E-state index in [1.807, 2.05) is 6.92 Å². The number of hydrogen-bond donors (Lipinski definition) is 1. The highest BCUT2D eigenvalue weighted by Crippen LogP contribution is 2.28. The largest absolute Gasteiger partial charge is 0.423 e. The van der Waals surface area contributed by atoms with Crippen molar-refractivity contribution >= 4 is 11.6 Å². The third-order valence-electron chi connectivity index (χ3n) is 2.37. The number of aromatic nitrogens is 2. The molecule has 2 N–H and O–H groups in total. The number of benzene rings is 1. The molecule has 1 heterocycles. The van der Waals surface area contributed by atoms with E-state index < -0.39 is 5.82 Å². The highest BCUT2D eigenvalue weighted by atomic mass is 35.5. The van der Waals surface area contributed by atoms with Gasteiger partial charge in [-0.25, -0.2) is 9.37 Å². The van der Waals surface area contributed by atoms with Gasteiger partial charge in [0.2, 0.25) is 0 Å². The van der Waals surface area contributed by atoms with Crippen LogP contribution in [0, 0.1) is 12.7 Å². The van der Waals surface area contributed by atoms with Crippen molar-refractivity contribution in [3.63, 3.8) is 0 Å². The van der Waals surface area contributed by atoms with E-state index in [1.54, 1.807) is 6.20 Å². The van der Waals surface area contributed by atoms with Gasteiger partial charge in [-0.05, 0) is 25.1 Å². The van der Waals surface area contributed by atoms with Crippen LogP contribution in [0.3, 0.4) is 0 Å². The summed E-state index contributed by atoms with van der Waals surface area (Å²) >= 11 is 5.84. The molecule has 4 nitrogen and oxygen atoms in total. The molecule has 18 heavy (non-hydrogen) atoms. The van der Waals surface area contributed by atoms with Crippen LogP contribution in [-0.2, 0) is 6.54 Å². The summed E-state index contributed by atoms with van der Waals surface area (Å²) in [5, 5.41) is 0.166. The minimum absolute atomic E-state index is 0.151. The molecule has 0 atom stereocenters. The van der Waals surface area contributed by atoms with Gasteiger partial charge in [-0.15, -0.1) is 0 Å². The van der Waals surface area contributed by atoms with Crippen molar-refractivity contribution in [1.29, 1.82) is 0 Å². The maximum absolute atomic E-state index is 12.9. The molecule has 0 aliphatic rings. The lowest BCUT2D eigenvalue weighted by Crippen LogP contribution is -2.03. The summed E-state index contributed by atoms with van der Waals surface area (Å²) in [6.07, 6.45) is 1.59. The highest BCUT2D eigenvalue weighted by molar-refractivity contribution is 6.32. The average Bonchev–Trinajstić information content (AvgIpc) is 2.33. The van der Waals surface area contributed by atoms with E-state index in [0.717, 1.165) is 17.3 Å². The zero-order valence-electron chi connectivity index (χ0n) is 9.65. The second-order valence-electron chi connectivity index (χ2n) is 3.64. The molecule has 1 aromatic heterocycles. The van der Waals surface area contributed by atoms with Crippen molar-refractivity contribution in [2.75, 3.05) is 0 Å². The lowest BCUT2D eigenvalue weighted by molar-refractivity contribution is 0.438. The van der Waals surface area contributed by atoms with Crippen molar-refractivity contribution in [1.82, 2.24) is 9.97 Å². The lowest BCUT2D eigenvalue weighted by atomic mass is 10.2. The Morgan fingerprint density at radius 1 is 1.44 bits per heavy atom. The van der Waals surface area contributed by atoms with Crippen LogP contribution in [-0.4, -0.2) is 9.97 Å². The van der Waals surface area contributed by atoms with Gasteiger partial charge < -0.3 is 10.5 Å². The Hall–Kier alpha value is -1.72. The van der Waals surface area contributed by atoms with Crippen LogP contribution in [0.4, 0.5) is 4.39 Å². The topological polar surface area (TPSA) is 61.0 Å². The van der Waals surface area contributed by atoms with E-state index in [9.17, 15) is 4.39 Å². The van der Waals surface area contributed by atoms with Crippen molar-refractivity contribution in [2.45, 2.75) is 13.5 Å². The van der Waals surface area contributed by atoms with E-state index in [4.69, 9.17) is 22.1 Å². The summed E-state index contributed by atoms with van der Waals surface area (Å²) in [6.45, 7) is 2.17. The molecule has 0 unspecified atom stereocenters. The quantitative estimate of drug-likeness (QED) is 0.929. The number of nitrogens with zero attached hydrogens (tertiary/aromatic N) is 2. The molecular weight excluding hydrogens is 257 g/mol. The van der Waals surface area contributed by atoms with Gasteiger partial charge in [-0.2, -0.15) is 4.98 Å². The van der Waals surface area contributed by atoms with Crippen LogP contribution in [0.25, 0.3) is 0 Å². The number of nitrogens with two attached hydrogens (primary N) is 1. The van der Waals surface area contributed by atoms with Crippen molar-refractivity contribution < 1.29 is 9.13 Å². The van der Waals surface area contributed by atoms with Crippen LogP contribution in [0.15, 0.2) is 24.4 Å². The van der Waals surface area contributed by atoms with Crippen molar-refractivity contribution in [3.8, 4) is 11.8 Å². The van der Waals surface area contributed by atoms with Crippen molar-refractivity contribution in [2.24, 2.45) is 5.73 Å². The molecule has 94 valence electrons. The third kappa shape index (κ3) is 2.75. The van der Waals surface area contributed by atoms with Gasteiger partial charge in [0.1, 0.15) is 11.6 Å². The molecule has 0 aliphatic carbocycles. The summed E-state index contributed by atoms with van der Waals surface area (Å²) in [6, 6.07) is 3.99. The Kier molecular flexibility index (Phi) is 3.74. The van der Waals surface area contributed by atoms with E-state index in [1.165, 1.54) is 12.1 Å². The molecule has 1 aromatic carbocycles. The Labute approximate surface area is 109 Å². The number of rotatable bonds is 3. The summed E-state index contributed by atoms with van der Waals surface area (Å²) in [7, 11) is 0. The molecule has 0 saturated heterocycles. The molecule has 0 bridgehead atoms. The summed E-state index contributed by atoms with van der Waals surface area (Å²) in [5.74, 6) is -0.124. The van der Waals surface area contributed by atoms with Crippen LogP contribution in [0.2, 0.25) is 5.02 Å². The van der Waals surface area contributed by atoms with Gasteiger partial charge in [0.25, 0.3) is 0 Å². The standard InChI is InChI=1S/C12H11ClFN3O/c1-7-8(5-15)6-16-12(17-7)18-11-3-2-9(14)4-10(11)13/h2-4,6H,5,15H2,1H3. The molecule has 0 saturated carbocycles. The first kappa shape index (κ1) is 12.7. The van der Waals surface area contributed by atoms with Gasteiger partial charge in [0.15, 0.2) is 0 Å². The number of ether oxygens (including phenoxy) is 1. The van der Waals surface area contributed by atoms with Gasteiger partial charge in [-0.1, -0.05) is 11.6 Å². The Bertz CT molecular complexity index is 577. The first-order valence-electron chi connectivity index (χ1n) is 5.25.